The Balaban J connectivity index is 1.33. The second-order valence-corrected chi connectivity index (χ2v) is 12.9. The molecule has 2 saturated heterocycles. The molecule has 244 valence electrons. The van der Waals surface area contributed by atoms with Gasteiger partial charge < -0.3 is 33.7 Å². The Morgan fingerprint density at radius 2 is 1.55 bits per heavy atom. The number of aromatic nitrogens is 4. The van der Waals surface area contributed by atoms with Crippen molar-refractivity contribution in [3.63, 3.8) is 0 Å². The van der Waals surface area contributed by atoms with Crippen LogP contribution in [0.5, 0.6) is 5.75 Å². The summed E-state index contributed by atoms with van der Waals surface area (Å²) >= 11 is 0. The van der Waals surface area contributed by atoms with Crippen molar-refractivity contribution in [2.75, 3.05) is 19.0 Å². The van der Waals surface area contributed by atoms with Crippen LogP contribution in [0.4, 0.5) is 10.0 Å². The first kappa shape index (κ1) is 31.4. The molecule has 12 nitrogen and oxygen atoms in total. The molecule has 1 unspecified atom stereocenters. The van der Waals surface area contributed by atoms with E-state index >= 15 is 0 Å². The third-order valence-electron chi connectivity index (χ3n) is 8.39. The average Bonchev–Trinajstić information content (AvgIpc) is 3.74. The van der Waals surface area contributed by atoms with Gasteiger partial charge in [-0.05, 0) is 42.7 Å². The molecule has 7 rings (SSSR count). The normalized spacial score (nSPS) is 23.3. The number of halogens is 1. The van der Waals surface area contributed by atoms with Crippen molar-refractivity contribution in [3.8, 4) is 5.75 Å². The zero-order chi connectivity index (χ0) is 32.8. The lowest BCUT2D eigenvalue weighted by molar-refractivity contribution is -0.220. The molecule has 2 aliphatic heterocycles. The number of nitrogens with zero attached hydrogens (tertiary/aromatic N) is 4. The standard InChI is InChI=1S/C33H33FN5O7P/c1-32(2)45-27-25(18-43-47(34,40)41)44-31(28(27)46-32)39-20-37-26-29(35-19-36-30(26)39)38-33(21-10-6-4-7-11-21,22-12-8-5-9-13-22)23-14-16-24(42-3)17-15-23/h4-17,19-20,25,27-28,31H,18H2,1-3H3,(H,40,41)(H,35,36,38)/p-1/t25-,27-,28-,31-/m1/s1. The number of rotatable bonds is 10. The first-order chi connectivity index (χ1) is 22.6. The van der Waals surface area contributed by atoms with E-state index in [2.05, 4.69) is 19.8 Å². The Morgan fingerprint density at radius 3 is 2.17 bits per heavy atom. The van der Waals surface area contributed by atoms with Crippen molar-refractivity contribution in [1.82, 2.24) is 19.5 Å². The maximum absolute atomic E-state index is 13.3. The number of nitrogens with one attached hydrogen (secondary N) is 1. The number of imidazole rings is 1. The fourth-order valence-corrected chi connectivity index (χ4v) is 6.75. The molecular formula is C33H32FN5O7P-. The highest BCUT2D eigenvalue weighted by molar-refractivity contribution is 7.45. The van der Waals surface area contributed by atoms with Crippen molar-refractivity contribution in [2.24, 2.45) is 0 Å². The molecular weight excluding hydrogens is 628 g/mol. The molecule has 0 radical (unpaired) electrons. The first-order valence-corrected chi connectivity index (χ1v) is 16.4. The van der Waals surface area contributed by atoms with Crippen LogP contribution in [-0.2, 0) is 28.8 Å². The highest BCUT2D eigenvalue weighted by atomic mass is 31.2. The van der Waals surface area contributed by atoms with Gasteiger partial charge in [0.25, 0.3) is 0 Å². The molecule has 2 fully saturated rings. The SMILES string of the molecule is COc1ccc(C(Nc2ncnc3c2ncn3[C@@H]2O[C@H](COP(=O)([O-])F)[C@H]3OC(C)(C)O[C@H]32)(c2ccccc2)c2ccccc2)cc1. The molecule has 5 aromatic rings. The summed E-state index contributed by atoms with van der Waals surface area (Å²) in [4.78, 5) is 25.1. The lowest BCUT2D eigenvalue weighted by Crippen LogP contribution is -2.38. The number of anilines is 1. The van der Waals surface area contributed by atoms with Crippen LogP contribution >= 0.6 is 7.91 Å². The Hall–Kier alpha value is -4.23. The zero-order valence-electron chi connectivity index (χ0n) is 25.7. The average molecular weight is 661 g/mol. The summed E-state index contributed by atoms with van der Waals surface area (Å²) in [6.07, 6.45) is -0.240. The lowest BCUT2D eigenvalue weighted by atomic mass is 9.77. The molecule has 4 heterocycles. The topological polar surface area (TPSA) is 142 Å². The van der Waals surface area contributed by atoms with Gasteiger partial charge in [0, 0.05) is 0 Å². The van der Waals surface area contributed by atoms with Crippen LogP contribution in [0.1, 0.15) is 36.8 Å². The van der Waals surface area contributed by atoms with E-state index in [1.807, 2.05) is 84.9 Å². The van der Waals surface area contributed by atoms with Gasteiger partial charge in [0.2, 0.25) is 0 Å². The van der Waals surface area contributed by atoms with Crippen LogP contribution in [0.25, 0.3) is 11.2 Å². The van der Waals surface area contributed by atoms with Crippen LogP contribution in [-0.4, -0.2) is 57.3 Å². The van der Waals surface area contributed by atoms with E-state index in [1.54, 1.807) is 31.9 Å². The minimum absolute atomic E-state index is 0.422. The fraction of sp³-hybridized carbons (Fsp3) is 0.303. The van der Waals surface area contributed by atoms with Gasteiger partial charge in [0.05, 0.1) is 20.0 Å². The van der Waals surface area contributed by atoms with E-state index in [-0.39, 0.29) is 0 Å². The van der Waals surface area contributed by atoms with Crippen LogP contribution in [0.15, 0.2) is 97.6 Å². The van der Waals surface area contributed by atoms with Crippen molar-refractivity contribution in [1.29, 1.82) is 0 Å². The number of hydrogen-bond acceptors (Lipinski definition) is 11. The van der Waals surface area contributed by atoms with Crippen LogP contribution in [0.2, 0.25) is 0 Å². The third-order valence-corrected chi connectivity index (χ3v) is 8.85. The third kappa shape index (κ3) is 5.91. The smallest absolute Gasteiger partial charge is 0.307 e. The van der Waals surface area contributed by atoms with E-state index in [1.165, 1.54) is 6.33 Å². The molecule has 3 aromatic carbocycles. The van der Waals surface area contributed by atoms with Crippen molar-refractivity contribution >= 4 is 24.9 Å². The van der Waals surface area contributed by atoms with Gasteiger partial charge in [-0.3, -0.25) is 9.13 Å². The molecule has 2 aromatic heterocycles. The molecule has 47 heavy (non-hydrogen) atoms. The summed E-state index contributed by atoms with van der Waals surface area (Å²) in [5.41, 5.74) is 2.77. The molecule has 2 aliphatic rings. The lowest BCUT2D eigenvalue weighted by Gasteiger charge is -2.37. The largest absolute Gasteiger partial charge is 0.753 e. The second kappa shape index (κ2) is 12.1. The van der Waals surface area contributed by atoms with Gasteiger partial charge >= 0.3 is 7.91 Å². The molecule has 0 saturated carbocycles. The van der Waals surface area contributed by atoms with Crippen molar-refractivity contribution < 1.29 is 37.1 Å². The summed E-state index contributed by atoms with van der Waals surface area (Å²) < 4.78 is 54.4. The van der Waals surface area contributed by atoms with E-state index in [9.17, 15) is 13.7 Å². The van der Waals surface area contributed by atoms with E-state index in [0.29, 0.717) is 17.0 Å². The Kier molecular flexibility index (Phi) is 8.07. The highest BCUT2D eigenvalue weighted by Gasteiger charge is 2.56. The van der Waals surface area contributed by atoms with Crippen LogP contribution < -0.4 is 14.9 Å². The Bertz CT molecular complexity index is 1870. The fourth-order valence-electron chi connectivity index (χ4n) is 6.42. The number of fused-ring (bicyclic) bond motifs is 2. The Morgan fingerprint density at radius 1 is 0.936 bits per heavy atom. The maximum atomic E-state index is 13.3. The quantitative estimate of drug-likeness (QED) is 0.158. The number of benzene rings is 3. The van der Waals surface area contributed by atoms with Gasteiger partial charge in [-0.25, -0.2) is 15.0 Å². The predicted molar refractivity (Wildman–Crippen MR) is 167 cm³/mol. The molecule has 0 aliphatic carbocycles. The minimum atomic E-state index is -5.49. The highest BCUT2D eigenvalue weighted by Crippen LogP contribution is 2.47. The first-order valence-electron chi connectivity index (χ1n) is 15.0. The number of ether oxygens (including phenoxy) is 4. The van der Waals surface area contributed by atoms with E-state index in [0.717, 1.165) is 22.4 Å². The summed E-state index contributed by atoms with van der Waals surface area (Å²) in [5.74, 6) is 0.158. The zero-order valence-corrected chi connectivity index (χ0v) is 26.6. The summed E-state index contributed by atoms with van der Waals surface area (Å²) in [5, 5.41) is 3.74. The monoisotopic (exact) mass is 660 g/mol. The Labute approximate surface area is 270 Å². The predicted octanol–water partition coefficient (Wildman–Crippen LogP) is 5.11. The van der Waals surface area contributed by atoms with Crippen LogP contribution in [0.3, 0.4) is 0 Å². The van der Waals surface area contributed by atoms with Gasteiger partial charge in [0.1, 0.15) is 35.9 Å². The number of hydrogen-bond donors (Lipinski definition) is 1. The molecule has 5 atom stereocenters. The van der Waals surface area contributed by atoms with E-state index in [4.69, 9.17) is 23.9 Å². The van der Waals surface area contributed by atoms with E-state index < -0.39 is 50.4 Å². The summed E-state index contributed by atoms with van der Waals surface area (Å²) in [7, 11) is -3.87. The maximum Gasteiger partial charge on any atom is 0.307 e. The van der Waals surface area contributed by atoms with Crippen molar-refractivity contribution in [3.05, 3.63) is 114 Å². The summed E-state index contributed by atoms with van der Waals surface area (Å²) in [6.45, 7) is 2.88. The molecule has 1 N–H and O–H groups in total. The van der Waals surface area contributed by atoms with Gasteiger partial charge in [-0.1, -0.05) is 72.8 Å². The molecule has 0 amide bonds. The molecule has 14 heteroatoms. The van der Waals surface area contributed by atoms with Gasteiger partial charge in [-0.2, -0.15) is 4.20 Å². The second-order valence-electron chi connectivity index (χ2n) is 11.7. The molecule has 0 bridgehead atoms. The van der Waals surface area contributed by atoms with Gasteiger partial charge in [-0.15, -0.1) is 0 Å². The minimum Gasteiger partial charge on any atom is -0.753 e. The van der Waals surface area contributed by atoms with Crippen molar-refractivity contribution in [2.45, 2.75) is 49.7 Å². The molecule has 0 spiro atoms. The summed E-state index contributed by atoms with van der Waals surface area (Å²) in [6, 6.07) is 27.9. The van der Waals surface area contributed by atoms with Gasteiger partial charge in [0.15, 0.2) is 29.0 Å². The number of methoxy groups -OCH3 is 1. The van der Waals surface area contributed by atoms with Crippen LogP contribution in [0, 0.1) is 0 Å².